The Labute approximate surface area is 106 Å². The predicted molar refractivity (Wildman–Crippen MR) is 72.1 cm³/mol. The first-order chi connectivity index (χ1) is 7.85. The number of hydrogen-bond donors (Lipinski definition) is 1. The maximum absolute atomic E-state index is 5.39. The summed E-state index contributed by atoms with van der Waals surface area (Å²) in [4.78, 5) is 0. The lowest BCUT2D eigenvalue weighted by Gasteiger charge is -1.99. The molecule has 1 rings (SSSR count). The Morgan fingerprint density at radius 2 is 1.56 bits per heavy atom. The Bertz CT molecular complexity index is 121. The summed E-state index contributed by atoms with van der Waals surface area (Å²) in [6, 6.07) is 0. The second-order valence-electron chi connectivity index (χ2n) is 4.37. The zero-order valence-electron chi connectivity index (χ0n) is 10.7. The molecule has 1 saturated heterocycles. The van der Waals surface area contributed by atoms with Crippen molar-refractivity contribution in [3.05, 3.63) is 0 Å². The highest BCUT2D eigenvalue weighted by Crippen LogP contribution is 2.08. The fourth-order valence-electron chi connectivity index (χ4n) is 1.44. The standard InChI is InChI=1S/C10H23N.C3H5ClO/c1-2-3-4-5-6-7-8-9-10-11;4-1-3-2-5-3/h2-11H2,1H3;3H,1-2H2. The van der Waals surface area contributed by atoms with Gasteiger partial charge in [0.2, 0.25) is 0 Å². The third kappa shape index (κ3) is 14.2. The number of alkyl halides is 1. The van der Waals surface area contributed by atoms with Gasteiger partial charge in [-0.3, -0.25) is 0 Å². The lowest BCUT2D eigenvalue weighted by molar-refractivity contribution is 0.425. The van der Waals surface area contributed by atoms with Gasteiger partial charge in [-0.05, 0) is 13.0 Å². The zero-order chi connectivity index (χ0) is 12.1. The first kappa shape index (κ1) is 16.2. The van der Waals surface area contributed by atoms with Crippen LogP contribution in [0.1, 0.15) is 58.3 Å². The molecule has 0 saturated carbocycles. The summed E-state index contributed by atoms with van der Waals surface area (Å²) in [5, 5.41) is 0. The van der Waals surface area contributed by atoms with E-state index in [-0.39, 0.29) is 0 Å². The van der Waals surface area contributed by atoms with Crippen molar-refractivity contribution in [2.45, 2.75) is 64.4 Å². The monoisotopic (exact) mass is 249 g/mol. The Morgan fingerprint density at radius 3 is 1.88 bits per heavy atom. The number of unbranched alkanes of at least 4 members (excludes halogenated alkanes) is 7. The molecular weight excluding hydrogens is 222 g/mol. The fourth-order valence-corrected chi connectivity index (χ4v) is 1.61. The van der Waals surface area contributed by atoms with Crippen molar-refractivity contribution in [2.24, 2.45) is 5.73 Å². The fraction of sp³-hybridized carbons (Fsp3) is 1.00. The molecule has 1 heterocycles. The van der Waals surface area contributed by atoms with Gasteiger partial charge in [0.25, 0.3) is 0 Å². The SMILES string of the molecule is CCCCCCCCCCN.ClCC1CO1. The van der Waals surface area contributed by atoms with Gasteiger partial charge in [-0.15, -0.1) is 11.6 Å². The zero-order valence-corrected chi connectivity index (χ0v) is 11.5. The average Bonchev–Trinajstić information content (AvgIpc) is 3.12. The summed E-state index contributed by atoms with van der Waals surface area (Å²) >= 11 is 5.27. The Kier molecular flexibility index (Phi) is 13.4. The molecule has 0 amide bonds. The summed E-state index contributed by atoms with van der Waals surface area (Å²) in [6.07, 6.45) is 11.4. The highest BCUT2D eigenvalue weighted by atomic mass is 35.5. The summed E-state index contributed by atoms with van der Waals surface area (Å²) in [5.74, 6) is 0.667. The summed E-state index contributed by atoms with van der Waals surface area (Å²) in [7, 11) is 0. The van der Waals surface area contributed by atoms with Gasteiger partial charge in [0.1, 0.15) is 0 Å². The molecule has 1 atom stereocenters. The van der Waals surface area contributed by atoms with E-state index in [9.17, 15) is 0 Å². The Morgan fingerprint density at radius 1 is 1.06 bits per heavy atom. The van der Waals surface area contributed by atoms with Crippen molar-refractivity contribution in [1.29, 1.82) is 0 Å². The summed E-state index contributed by atoms with van der Waals surface area (Å²) in [6.45, 7) is 4.01. The molecule has 0 aliphatic carbocycles. The average molecular weight is 250 g/mol. The van der Waals surface area contributed by atoms with Crippen LogP contribution in [0.15, 0.2) is 0 Å². The molecule has 0 bridgehead atoms. The van der Waals surface area contributed by atoms with Crippen molar-refractivity contribution in [3.63, 3.8) is 0 Å². The van der Waals surface area contributed by atoms with E-state index in [1.807, 2.05) is 0 Å². The third-order valence-corrected chi connectivity index (χ3v) is 2.98. The van der Waals surface area contributed by atoms with E-state index in [4.69, 9.17) is 22.1 Å². The molecule has 1 aliphatic heterocycles. The second kappa shape index (κ2) is 13.3. The number of nitrogens with two attached hydrogens (primary N) is 1. The van der Waals surface area contributed by atoms with Crippen LogP contribution in [0.2, 0.25) is 0 Å². The maximum Gasteiger partial charge on any atom is 0.0944 e. The minimum Gasteiger partial charge on any atom is -0.372 e. The molecule has 0 radical (unpaired) electrons. The van der Waals surface area contributed by atoms with Crippen LogP contribution in [0.3, 0.4) is 0 Å². The maximum atomic E-state index is 5.39. The van der Waals surface area contributed by atoms with Crippen LogP contribution in [-0.2, 0) is 4.74 Å². The van der Waals surface area contributed by atoms with Crippen LogP contribution in [0.25, 0.3) is 0 Å². The molecular formula is C13H28ClNO. The summed E-state index contributed by atoms with van der Waals surface area (Å²) < 4.78 is 4.73. The minimum absolute atomic E-state index is 0.400. The molecule has 0 aromatic rings. The molecule has 1 aliphatic rings. The van der Waals surface area contributed by atoms with Gasteiger partial charge in [-0.2, -0.15) is 0 Å². The predicted octanol–water partition coefficient (Wildman–Crippen LogP) is 3.71. The largest absolute Gasteiger partial charge is 0.372 e. The number of ether oxygens (including phenoxy) is 1. The molecule has 16 heavy (non-hydrogen) atoms. The molecule has 1 fully saturated rings. The highest BCUT2D eigenvalue weighted by Gasteiger charge is 2.19. The number of hydrogen-bond acceptors (Lipinski definition) is 2. The smallest absolute Gasteiger partial charge is 0.0944 e. The topological polar surface area (TPSA) is 38.5 Å². The van der Waals surface area contributed by atoms with E-state index in [1.165, 1.54) is 51.4 Å². The van der Waals surface area contributed by atoms with Crippen molar-refractivity contribution < 1.29 is 4.74 Å². The molecule has 1 unspecified atom stereocenters. The first-order valence-electron chi connectivity index (χ1n) is 6.72. The third-order valence-electron chi connectivity index (χ3n) is 2.63. The van der Waals surface area contributed by atoms with E-state index in [2.05, 4.69) is 6.92 Å². The van der Waals surface area contributed by atoms with Crippen LogP contribution < -0.4 is 5.73 Å². The van der Waals surface area contributed by atoms with E-state index in [0.29, 0.717) is 12.0 Å². The van der Waals surface area contributed by atoms with Crippen LogP contribution in [0.4, 0.5) is 0 Å². The van der Waals surface area contributed by atoms with Gasteiger partial charge in [0, 0.05) is 0 Å². The van der Waals surface area contributed by atoms with E-state index in [1.54, 1.807) is 0 Å². The van der Waals surface area contributed by atoms with Gasteiger partial charge >= 0.3 is 0 Å². The minimum atomic E-state index is 0.400. The molecule has 3 heteroatoms. The highest BCUT2D eigenvalue weighted by molar-refractivity contribution is 6.18. The normalized spacial score (nSPS) is 17.8. The summed E-state index contributed by atoms with van der Waals surface area (Å²) in [5.41, 5.74) is 5.39. The van der Waals surface area contributed by atoms with Crippen molar-refractivity contribution in [2.75, 3.05) is 19.0 Å². The lowest BCUT2D eigenvalue weighted by atomic mass is 10.1. The molecule has 0 spiro atoms. The Balaban J connectivity index is 0.000000368. The van der Waals surface area contributed by atoms with Crippen molar-refractivity contribution in [3.8, 4) is 0 Å². The van der Waals surface area contributed by atoms with Gasteiger partial charge in [0.05, 0.1) is 18.6 Å². The Hall–Kier alpha value is 0.210. The van der Waals surface area contributed by atoms with E-state index >= 15 is 0 Å². The second-order valence-corrected chi connectivity index (χ2v) is 4.68. The van der Waals surface area contributed by atoms with E-state index < -0.39 is 0 Å². The molecule has 2 nitrogen and oxygen atoms in total. The molecule has 2 N–H and O–H groups in total. The molecule has 0 aromatic heterocycles. The van der Waals surface area contributed by atoms with Crippen molar-refractivity contribution >= 4 is 11.6 Å². The van der Waals surface area contributed by atoms with Gasteiger partial charge in [-0.25, -0.2) is 0 Å². The van der Waals surface area contributed by atoms with Crippen molar-refractivity contribution in [1.82, 2.24) is 0 Å². The van der Waals surface area contributed by atoms with Crippen LogP contribution in [-0.4, -0.2) is 25.1 Å². The van der Waals surface area contributed by atoms with Gasteiger partial charge in [0.15, 0.2) is 0 Å². The van der Waals surface area contributed by atoms with Crippen LogP contribution in [0.5, 0.6) is 0 Å². The van der Waals surface area contributed by atoms with Crippen LogP contribution >= 0.6 is 11.6 Å². The molecule has 0 aromatic carbocycles. The molecule has 98 valence electrons. The number of halogens is 1. The van der Waals surface area contributed by atoms with Gasteiger partial charge < -0.3 is 10.5 Å². The van der Waals surface area contributed by atoms with Crippen LogP contribution in [0, 0.1) is 0 Å². The lowest BCUT2D eigenvalue weighted by Crippen LogP contribution is -1.97. The first-order valence-corrected chi connectivity index (χ1v) is 7.26. The quantitative estimate of drug-likeness (QED) is 0.384. The number of epoxide rings is 1. The van der Waals surface area contributed by atoms with E-state index in [0.717, 1.165) is 13.2 Å². The van der Waals surface area contributed by atoms with Gasteiger partial charge in [-0.1, -0.05) is 51.9 Å². The number of rotatable bonds is 9.